The number of aromatic nitrogens is 1. The first-order valence-electron chi connectivity index (χ1n) is 11.1. The SMILES string of the molecule is CCNC(=NCc1ccc(CN(C)C(=O)OC(C)(C)C)cc1)NCCc1ccc(C)nc1.I. The number of carbonyl (C=O) groups excluding carboxylic acids is 1. The highest BCUT2D eigenvalue weighted by Gasteiger charge is 2.19. The molecule has 33 heavy (non-hydrogen) atoms. The van der Waals surface area contributed by atoms with E-state index in [1.54, 1.807) is 11.9 Å². The maximum absolute atomic E-state index is 12.1. The molecule has 0 saturated carbocycles. The number of aryl methyl sites for hydroxylation is 1. The zero-order valence-corrected chi connectivity index (χ0v) is 23.0. The largest absolute Gasteiger partial charge is 0.444 e. The highest BCUT2D eigenvalue weighted by atomic mass is 127. The van der Waals surface area contributed by atoms with E-state index in [0.29, 0.717) is 13.1 Å². The van der Waals surface area contributed by atoms with Crippen molar-refractivity contribution in [1.29, 1.82) is 0 Å². The maximum Gasteiger partial charge on any atom is 0.410 e. The minimum atomic E-state index is -0.498. The Bertz CT molecular complexity index is 877. The molecule has 0 unspecified atom stereocenters. The Morgan fingerprint density at radius 1 is 1.06 bits per heavy atom. The van der Waals surface area contributed by atoms with Crippen molar-refractivity contribution < 1.29 is 9.53 Å². The van der Waals surface area contributed by atoms with E-state index in [9.17, 15) is 4.79 Å². The second-order valence-corrected chi connectivity index (χ2v) is 8.83. The van der Waals surface area contributed by atoms with Crippen LogP contribution in [-0.2, 0) is 24.2 Å². The van der Waals surface area contributed by atoms with Crippen molar-refractivity contribution in [2.45, 2.75) is 59.7 Å². The van der Waals surface area contributed by atoms with Crippen LogP contribution in [0, 0.1) is 6.92 Å². The summed E-state index contributed by atoms with van der Waals surface area (Å²) in [7, 11) is 1.74. The van der Waals surface area contributed by atoms with Crippen LogP contribution in [0.2, 0.25) is 0 Å². The molecule has 1 amide bonds. The molecule has 2 aromatic rings. The summed E-state index contributed by atoms with van der Waals surface area (Å²) >= 11 is 0. The smallest absolute Gasteiger partial charge is 0.410 e. The van der Waals surface area contributed by atoms with Crippen molar-refractivity contribution >= 4 is 36.0 Å². The van der Waals surface area contributed by atoms with Crippen LogP contribution in [0.5, 0.6) is 0 Å². The number of nitrogens with zero attached hydrogens (tertiary/aromatic N) is 3. The Labute approximate surface area is 215 Å². The minimum Gasteiger partial charge on any atom is -0.444 e. The molecule has 0 aliphatic carbocycles. The number of hydrogen-bond donors (Lipinski definition) is 2. The van der Waals surface area contributed by atoms with Gasteiger partial charge < -0.3 is 20.3 Å². The van der Waals surface area contributed by atoms with Crippen LogP contribution in [0.25, 0.3) is 0 Å². The number of rotatable bonds is 8. The third-order valence-corrected chi connectivity index (χ3v) is 4.59. The van der Waals surface area contributed by atoms with E-state index in [1.165, 1.54) is 5.56 Å². The van der Waals surface area contributed by atoms with Crippen molar-refractivity contribution in [1.82, 2.24) is 20.5 Å². The topological polar surface area (TPSA) is 78.9 Å². The van der Waals surface area contributed by atoms with Crippen molar-refractivity contribution in [3.8, 4) is 0 Å². The fourth-order valence-corrected chi connectivity index (χ4v) is 2.91. The molecule has 7 nitrogen and oxygen atoms in total. The van der Waals surface area contributed by atoms with E-state index >= 15 is 0 Å². The fourth-order valence-electron chi connectivity index (χ4n) is 2.91. The molecule has 0 fully saturated rings. The summed E-state index contributed by atoms with van der Waals surface area (Å²) in [4.78, 5) is 22.7. The zero-order chi connectivity index (χ0) is 23.6. The number of guanidine groups is 1. The monoisotopic (exact) mass is 567 g/mol. The number of nitrogens with one attached hydrogen (secondary N) is 2. The first-order chi connectivity index (χ1) is 15.2. The van der Waals surface area contributed by atoms with Crippen LogP contribution in [-0.4, -0.2) is 47.7 Å². The minimum absolute atomic E-state index is 0. The third kappa shape index (κ3) is 11.4. The molecule has 0 aliphatic heterocycles. The van der Waals surface area contributed by atoms with Crippen molar-refractivity contribution in [3.05, 3.63) is 65.0 Å². The summed E-state index contributed by atoms with van der Waals surface area (Å²) in [6.07, 6.45) is 2.48. The van der Waals surface area contributed by atoms with E-state index in [0.717, 1.165) is 42.3 Å². The number of ether oxygens (including phenoxy) is 1. The number of pyridine rings is 1. The highest BCUT2D eigenvalue weighted by molar-refractivity contribution is 14.0. The number of hydrogen-bond acceptors (Lipinski definition) is 4. The van der Waals surface area contributed by atoms with Crippen LogP contribution in [0.4, 0.5) is 4.79 Å². The van der Waals surface area contributed by atoms with Gasteiger partial charge in [0.2, 0.25) is 0 Å². The molecule has 0 saturated heterocycles. The van der Waals surface area contributed by atoms with E-state index in [-0.39, 0.29) is 30.1 Å². The number of carbonyl (C=O) groups is 1. The van der Waals surface area contributed by atoms with Gasteiger partial charge in [-0.2, -0.15) is 0 Å². The molecule has 1 aromatic heterocycles. The summed E-state index contributed by atoms with van der Waals surface area (Å²) in [6, 6.07) is 12.3. The van der Waals surface area contributed by atoms with Gasteiger partial charge in [-0.25, -0.2) is 9.79 Å². The molecule has 2 rings (SSSR count). The van der Waals surface area contributed by atoms with Crippen LogP contribution < -0.4 is 10.6 Å². The highest BCUT2D eigenvalue weighted by Crippen LogP contribution is 2.12. The second-order valence-electron chi connectivity index (χ2n) is 8.83. The average Bonchev–Trinajstić information content (AvgIpc) is 2.73. The van der Waals surface area contributed by atoms with Crippen molar-refractivity contribution in [2.24, 2.45) is 4.99 Å². The lowest BCUT2D eigenvalue weighted by Crippen LogP contribution is -2.38. The maximum atomic E-state index is 12.1. The first kappa shape index (κ1) is 28.7. The summed E-state index contributed by atoms with van der Waals surface area (Å²) in [5.41, 5.74) is 3.88. The summed E-state index contributed by atoms with van der Waals surface area (Å²) in [5.74, 6) is 0.793. The van der Waals surface area contributed by atoms with Gasteiger partial charge in [0.1, 0.15) is 5.60 Å². The summed E-state index contributed by atoms with van der Waals surface area (Å²) in [6.45, 7) is 12.3. The number of aliphatic imine (C=N–C) groups is 1. The second kappa shape index (κ2) is 14.0. The van der Waals surface area contributed by atoms with Crippen molar-refractivity contribution in [2.75, 3.05) is 20.1 Å². The standard InChI is InChI=1S/C25H37N5O2.HI/c1-7-26-23(27-15-14-21-9-8-19(2)28-16-21)29-17-20-10-12-22(13-11-20)18-30(6)24(31)32-25(3,4)5;/h8-13,16H,7,14-15,17-18H2,1-6H3,(H2,26,27,29);1H. The lowest BCUT2D eigenvalue weighted by Gasteiger charge is -2.24. The lowest BCUT2D eigenvalue weighted by molar-refractivity contribution is 0.0285. The van der Waals surface area contributed by atoms with Crippen LogP contribution in [0.3, 0.4) is 0 Å². The Kier molecular flexibility index (Phi) is 12.2. The average molecular weight is 568 g/mol. The van der Waals surface area contributed by atoms with Crippen molar-refractivity contribution in [3.63, 3.8) is 0 Å². The third-order valence-electron chi connectivity index (χ3n) is 4.59. The number of amides is 1. The van der Waals surface area contributed by atoms with E-state index in [2.05, 4.69) is 33.6 Å². The lowest BCUT2D eigenvalue weighted by atomic mass is 10.1. The van der Waals surface area contributed by atoms with Gasteiger partial charge in [0.05, 0.1) is 6.54 Å². The molecule has 0 aliphatic rings. The molecular weight excluding hydrogens is 529 g/mol. The number of halogens is 1. The number of benzene rings is 1. The Morgan fingerprint density at radius 2 is 1.70 bits per heavy atom. The van der Waals surface area contributed by atoms with Crippen LogP contribution >= 0.6 is 24.0 Å². The van der Waals surface area contributed by atoms with Gasteiger partial charge in [-0.05, 0) is 63.8 Å². The van der Waals surface area contributed by atoms with Gasteiger partial charge in [-0.1, -0.05) is 30.3 Å². The Hall–Kier alpha value is -2.36. The van der Waals surface area contributed by atoms with Gasteiger partial charge >= 0.3 is 6.09 Å². The molecule has 8 heteroatoms. The molecule has 1 heterocycles. The van der Waals surface area contributed by atoms with Gasteiger partial charge in [0, 0.05) is 38.6 Å². The molecule has 182 valence electrons. The van der Waals surface area contributed by atoms with Gasteiger partial charge in [0.25, 0.3) is 0 Å². The molecule has 0 bridgehead atoms. The van der Waals surface area contributed by atoms with E-state index in [1.807, 2.05) is 64.2 Å². The summed E-state index contributed by atoms with van der Waals surface area (Å²) < 4.78 is 5.40. The molecule has 0 spiro atoms. The fraction of sp³-hybridized carbons (Fsp3) is 0.480. The van der Waals surface area contributed by atoms with Crippen LogP contribution in [0.1, 0.15) is 50.1 Å². The van der Waals surface area contributed by atoms with E-state index in [4.69, 9.17) is 4.74 Å². The normalized spacial score (nSPS) is 11.4. The zero-order valence-electron chi connectivity index (χ0n) is 20.6. The molecule has 0 atom stereocenters. The molecule has 2 N–H and O–H groups in total. The summed E-state index contributed by atoms with van der Waals surface area (Å²) in [5, 5.41) is 6.66. The van der Waals surface area contributed by atoms with Gasteiger partial charge in [-0.15, -0.1) is 24.0 Å². The predicted octanol–water partition coefficient (Wildman–Crippen LogP) is 4.67. The Morgan fingerprint density at radius 3 is 2.27 bits per heavy atom. The quantitative estimate of drug-likeness (QED) is 0.276. The molecule has 1 aromatic carbocycles. The molecule has 0 radical (unpaired) electrons. The first-order valence-corrected chi connectivity index (χ1v) is 11.1. The van der Waals surface area contributed by atoms with Gasteiger partial charge in [0.15, 0.2) is 5.96 Å². The van der Waals surface area contributed by atoms with Gasteiger partial charge in [-0.3, -0.25) is 4.98 Å². The van der Waals surface area contributed by atoms with E-state index < -0.39 is 5.60 Å². The molecular formula is C25H38IN5O2. The van der Waals surface area contributed by atoms with Crippen LogP contribution in [0.15, 0.2) is 47.6 Å². The Balaban J connectivity index is 0.00000544. The predicted molar refractivity (Wildman–Crippen MR) is 145 cm³/mol.